The lowest BCUT2D eigenvalue weighted by molar-refractivity contribution is 0.0696. The van der Waals surface area contributed by atoms with Gasteiger partial charge in [-0.2, -0.15) is 0 Å². The van der Waals surface area contributed by atoms with Crippen LogP contribution in [0.2, 0.25) is 0 Å². The Morgan fingerprint density at radius 1 is 1.08 bits per heavy atom. The molecule has 1 N–H and O–H groups in total. The summed E-state index contributed by atoms with van der Waals surface area (Å²) in [7, 11) is 4.56. The fourth-order valence-corrected chi connectivity index (χ4v) is 3.76. The largest absolute Gasteiger partial charge is 0.493 e. The Kier molecular flexibility index (Phi) is 6.79. The summed E-state index contributed by atoms with van der Waals surface area (Å²) in [5.74, 6) is 0.209. The number of carboxylic acids is 1. The van der Waals surface area contributed by atoms with Gasteiger partial charge in [-0.25, -0.2) is 4.79 Å². The van der Waals surface area contributed by atoms with Crippen LogP contribution in [-0.2, 0) is 0 Å². The maximum absolute atomic E-state index is 12.0. The molecule has 0 heterocycles. The summed E-state index contributed by atoms with van der Waals surface area (Å²) in [4.78, 5) is 14.1. The molecule has 0 aliphatic heterocycles. The molecule has 2 rings (SSSR count). The van der Waals surface area contributed by atoms with Gasteiger partial charge in [0.2, 0.25) is 5.75 Å². The standard InChI is InChI=1S/C19H29NO5/c1-5-20(13-10-8-6-7-9-11-13)16-14(19(21)22)12-15(23-2)17(24-3)18(16)25-4/h12-13H,5-11H2,1-4H3,(H,21,22). The molecule has 0 bridgehead atoms. The summed E-state index contributed by atoms with van der Waals surface area (Å²) >= 11 is 0. The van der Waals surface area contributed by atoms with Crippen molar-refractivity contribution in [3.8, 4) is 17.2 Å². The minimum absolute atomic E-state index is 0.181. The topological polar surface area (TPSA) is 68.2 Å². The predicted octanol–water partition coefficient (Wildman–Crippen LogP) is 3.96. The molecule has 140 valence electrons. The molecule has 25 heavy (non-hydrogen) atoms. The van der Waals surface area contributed by atoms with Crippen LogP contribution in [0.5, 0.6) is 17.2 Å². The zero-order valence-electron chi connectivity index (χ0n) is 15.6. The number of nitrogens with zero attached hydrogens (tertiary/aromatic N) is 1. The van der Waals surface area contributed by atoms with Crippen molar-refractivity contribution in [3.63, 3.8) is 0 Å². The molecule has 0 atom stereocenters. The van der Waals surface area contributed by atoms with E-state index in [0.717, 1.165) is 12.8 Å². The summed E-state index contributed by atoms with van der Waals surface area (Å²) in [5, 5.41) is 9.79. The molecule has 1 aromatic rings. The molecule has 6 nitrogen and oxygen atoms in total. The first kappa shape index (κ1) is 19.2. The van der Waals surface area contributed by atoms with Gasteiger partial charge in [-0.15, -0.1) is 0 Å². The molecule has 1 fully saturated rings. The van der Waals surface area contributed by atoms with Crippen LogP contribution < -0.4 is 19.1 Å². The number of rotatable bonds is 7. The number of anilines is 1. The predicted molar refractivity (Wildman–Crippen MR) is 97.6 cm³/mol. The van der Waals surface area contributed by atoms with Gasteiger partial charge in [0.1, 0.15) is 0 Å². The number of ether oxygens (including phenoxy) is 3. The average molecular weight is 351 g/mol. The molecule has 0 spiro atoms. The summed E-state index contributed by atoms with van der Waals surface area (Å²) in [6.07, 6.45) is 6.93. The van der Waals surface area contributed by atoms with Crippen molar-refractivity contribution >= 4 is 11.7 Å². The number of methoxy groups -OCH3 is 3. The van der Waals surface area contributed by atoms with Crippen molar-refractivity contribution in [2.75, 3.05) is 32.8 Å². The van der Waals surface area contributed by atoms with Crippen molar-refractivity contribution in [2.24, 2.45) is 0 Å². The summed E-state index contributed by atoms with van der Waals surface area (Å²) in [6, 6.07) is 1.83. The highest BCUT2D eigenvalue weighted by Gasteiger charge is 2.30. The molecule has 0 radical (unpaired) electrons. The normalized spacial score (nSPS) is 15.4. The average Bonchev–Trinajstić information content (AvgIpc) is 2.90. The van der Waals surface area contributed by atoms with Gasteiger partial charge >= 0.3 is 5.97 Å². The van der Waals surface area contributed by atoms with Crippen LogP contribution in [0.3, 0.4) is 0 Å². The van der Waals surface area contributed by atoms with Gasteiger partial charge in [-0.05, 0) is 19.8 Å². The number of hydrogen-bond donors (Lipinski definition) is 1. The Labute approximate surface area is 149 Å². The first-order chi connectivity index (χ1) is 12.1. The minimum atomic E-state index is -0.999. The van der Waals surface area contributed by atoms with Crippen LogP contribution >= 0.6 is 0 Å². The highest BCUT2D eigenvalue weighted by atomic mass is 16.5. The lowest BCUT2D eigenvalue weighted by Crippen LogP contribution is -2.36. The second-order valence-electron chi connectivity index (χ2n) is 6.28. The van der Waals surface area contributed by atoms with Crippen LogP contribution in [0.25, 0.3) is 0 Å². The molecule has 0 saturated heterocycles. The highest BCUT2D eigenvalue weighted by molar-refractivity contribution is 5.98. The Morgan fingerprint density at radius 3 is 2.12 bits per heavy atom. The Morgan fingerprint density at radius 2 is 1.68 bits per heavy atom. The Bertz CT molecular complexity index is 594. The fourth-order valence-electron chi connectivity index (χ4n) is 3.76. The van der Waals surface area contributed by atoms with E-state index in [4.69, 9.17) is 14.2 Å². The van der Waals surface area contributed by atoms with Gasteiger partial charge in [0.05, 0.1) is 32.6 Å². The summed E-state index contributed by atoms with van der Waals surface area (Å²) in [6.45, 7) is 2.75. The van der Waals surface area contributed by atoms with Crippen LogP contribution in [0.4, 0.5) is 5.69 Å². The third kappa shape index (κ3) is 3.94. The Hall–Kier alpha value is -2.11. The van der Waals surface area contributed by atoms with Gasteiger partial charge in [0, 0.05) is 18.7 Å². The van der Waals surface area contributed by atoms with E-state index in [1.807, 2.05) is 6.92 Å². The number of carbonyl (C=O) groups is 1. The van der Waals surface area contributed by atoms with E-state index in [1.165, 1.54) is 53.1 Å². The van der Waals surface area contributed by atoms with Gasteiger partial charge in [-0.3, -0.25) is 0 Å². The number of benzene rings is 1. The van der Waals surface area contributed by atoms with Crippen molar-refractivity contribution in [1.29, 1.82) is 0 Å². The first-order valence-electron chi connectivity index (χ1n) is 8.91. The third-order valence-corrected chi connectivity index (χ3v) is 4.93. The molecule has 0 amide bonds. The van der Waals surface area contributed by atoms with E-state index in [1.54, 1.807) is 0 Å². The molecular formula is C19H29NO5. The second-order valence-corrected chi connectivity index (χ2v) is 6.28. The van der Waals surface area contributed by atoms with Crippen LogP contribution in [0.1, 0.15) is 55.8 Å². The fraction of sp³-hybridized carbons (Fsp3) is 0.632. The van der Waals surface area contributed by atoms with Crippen LogP contribution in [-0.4, -0.2) is 45.0 Å². The third-order valence-electron chi connectivity index (χ3n) is 4.93. The van der Waals surface area contributed by atoms with E-state index in [-0.39, 0.29) is 5.56 Å². The van der Waals surface area contributed by atoms with Crippen molar-refractivity contribution < 1.29 is 24.1 Å². The van der Waals surface area contributed by atoms with Crippen LogP contribution in [0.15, 0.2) is 6.07 Å². The minimum Gasteiger partial charge on any atom is -0.493 e. The quantitative estimate of drug-likeness (QED) is 0.750. The van der Waals surface area contributed by atoms with Gasteiger partial charge < -0.3 is 24.2 Å². The lowest BCUT2D eigenvalue weighted by atomic mass is 10.0. The number of hydrogen-bond acceptors (Lipinski definition) is 5. The van der Waals surface area contributed by atoms with Gasteiger partial charge in [-0.1, -0.05) is 25.7 Å². The summed E-state index contributed by atoms with van der Waals surface area (Å²) in [5.41, 5.74) is 0.766. The second kappa shape index (κ2) is 8.83. The van der Waals surface area contributed by atoms with Crippen molar-refractivity contribution in [2.45, 2.75) is 51.5 Å². The van der Waals surface area contributed by atoms with Gasteiger partial charge in [0.15, 0.2) is 11.5 Å². The first-order valence-corrected chi connectivity index (χ1v) is 8.91. The van der Waals surface area contributed by atoms with Crippen molar-refractivity contribution in [3.05, 3.63) is 11.6 Å². The van der Waals surface area contributed by atoms with E-state index in [0.29, 0.717) is 35.5 Å². The molecule has 0 aromatic heterocycles. The SMILES string of the molecule is CCN(c1c(C(=O)O)cc(OC)c(OC)c1OC)C1CCCCCC1. The zero-order chi connectivity index (χ0) is 18.4. The molecule has 6 heteroatoms. The molecule has 1 aliphatic carbocycles. The van der Waals surface area contributed by atoms with Crippen molar-refractivity contribution in [1.82, 2.24) is 0 Å². The monoisotopic (exact) mass is 351 g/mol. The number of aromatic carboxylic acids is 1. The zero-order valence-corrected chi connectivity index (χ0v) is 15.6. The van der Waals surface area contributed by atoms with E-state index in [2.05, 4.69) is 4.90 Å². The summed E-state index contributed by atoms with van der Waals surface area (Å²) < 4.78 is 16.4. The molecule has 1 saturated carbocycles. The molecule has 0 unspecified atom stereocenters. The molecule has 1 aromatic carbocycles. The van der Waals surface area contributed by atoms with E-state index in [9.17, 15) is 9.90 Å². The van der Waals surface area contributed by atoms with Crippen LogP contribution in [0, 0.1) is 0 Å². The molecular weight excluding hydrogens is 322 g/mol. The molecule has 1 aliphatic rings. The highest BCUT2D eigenvalue weighted by Crippen LogP contribution is 2.48. The lowest BCUT2D eigenvalue weighted by Gasteiger charge is -2.35. The van der Waals surface area contributed by atoms with E-state index < -0.39 is 5.97 Å². The number of carboxylic acid groups (broad SMARTS) is 1. The maximum Gasteiger partial charge on any atom is 0.338 e. The van der Waals surface area contributed by atoms with E-state index >= 15 is 0 Å². The smallest absolute Gasteiger partial charge is 0.338 e. The van der Waals surface area contributed by atoms with Gasteiger partial charge in [0.25, 0.3) is 0 Å². The maximum atomic E-state index is 12.0. The Balaban J connectivity index is 2.64.